The number of carbonyl (C=O) groups is 1. The number of anilines is 1. The first-order valence-electron chi connectivity index (χ1n) is 4.98. The van der Waals surface area contributed by atoms with Gasteiger partial charge in [-0.05, 0) is 28.1 Å². The Bertz CT molecular complexity index is 424. The highest BCUT2D eigenvalue weighted by molar-refractivity contribution is 9.10. The van der Waals surface area contributed by atoms with Gasteiger partial charge < -0.3 is 10.0 Å². The SMILES string of the molecule is O=C1CC(CO)CN1c1cccc(F)c1Br. The lowest BCUT2D eigenvalue weighted by Gasteiger charge is -2.18. The van der Waals surface area contributed by atoms with Crippen LogP contribution < -0.4 is 4.90 Å². The molecule has 3 nitrogen and oxygen atoms in total. The summed E-state index contributed by atoms with van der Waals surface area (Å²) >= 11 is 3.13. The lowest BCUT2D eigenvalue weighted by molar-refractivity contribution is -0.117. The van der Waals surface area contributed by atoms with Crippen molar-refractivity contribution in [3.63, 3.8) is 0 Å². The van der Waals surface area contributed by atoms with Gasteiger partial charge in [0.25, 0.3) is 0 Å². The summed E-state index contributed by atoms with van der Waals surface area (Å²) in [5.41, 5.74) is 0.529. The van der Waals surface area contributed by atoms with Gasteiger partial charge in [0.15, 0.2) is 0 Å². The van der Waals surface area contributed by atoms with Crippen molar-refractivity contribution < 1.29 is 14.3 Å². The summed E-state index contributed by atoms with van der Waals surface area (Å²) in [5.74, 6) is -0.522. The Morgan fingerprint density at radius 3 is 2.94 bits per heavy atom. The molecule has 5 heteroatoms. The Morgan fingerprint density at radius 2 is 2.31 bits per heavy atom. The van der Waals surface area contributed by atoms with Gasteiger partial charge in [0.2, 0.25) is 5.91 Å². The fraction of sp³-hybridized carbons (Fsp3) is 0.364. The van der Waals surface area contributed by atoms with E-state index >= 15 is 0 Å². The van der Waals surface area contributed by atoms with Crippen LogP contribution in [0.1, 0.15) is 6.42 Å². The number of rotatable bonds is 2. The zero-order chi connectivity index (χ0) is 11.7. The number of aliphatic hydroxyl groups excluding tert-OH is 1. The zero-order valence-corrected chi connectivity index (χ0v) is 10.1. The number of amides is 1. The molecule has 1 saturated heterocycles. The maximum atomic E-state index is 13.3. The summed E-state index contributed by atoms with van der Waals surface area (Å²) in [5, 5.41) is 9.01. The van der Waals surface area contributed by atoms with Gasteiger partial charge in [-0.15, -0.1) is 0 Å². The molecule has 1 aromatic carbocycles. The van der Waals surface area contributed by atoms with E-state index in [4.69, 9.17) is 5.11 Å². The van der Waals surface area contributed by atoms with Crippen LogP contribution in [0, 0.1) is 11.7 Å². The number of hydrogen-bond donors (Lipinski definition) is 1. The number of benzene rings is 1. The van der Waals surface area contributed by atoms with E-state index < -0.39 is 5.82 Å². The van der Waals surface area contributed by atoms with Crippen molar-refractivity contribution >= 4 is 27.5 Å². The molecular weight excluding hydrogens is 277 g/mol. The fourth-order valence-corrected chi connectivity index (χ4v) is 2.32. The summed E-state index contributed by atoms with van der Waals surface area (Å²) in [7, 11) is 0. The third-order valence-corrected chi connectivity index (χ3v) is 3.47. The number of carbonyl (C=O) groups excluding carboxylic acids is 1. The van der Waals surface area contributed by atoms with Crippen molar-refractivity contribution in [3.8, 4) is 0 Å². The molecule has 1 fully saturated rings. The first kappa shape index (κ1) is 11.5. The molecule has 0 spiro atoms. The van der Waals surface area contributed by atoms with Gasteiger partial charge in [-0.2, -0.15) is 0 Å². The Balaban J connectivity index is 2.31. The second-order valence-corrected chi connectivity index (χ2v) is 4.62. The first-order chi connectivity index (χ1) is 7.63. The average molecular weight is 288 g/mol. The van der Waals surface area contributed by atoms with E-state index in [9.17, 15) is 9.18 Å². The van der Waals surface area contributed by atoms with Crippen molar-refractivity contribution in [3.05, 3.63) is 28.5 Å². The van der Waals surface area contributed by atoms with Crippen LogP contribution in [0.15, 0.2) is 22.7 Å². The van der Waals surface area contributed by atoms with Crippen molar-refractivity contribution in [2.45, 2.75) is 6.42 Å². The van der Waals surface area contributed by atoms with Crippen molar-refractivity contribution in [2.75, 3.05) is 18.1 Å². The number of hydrogen-bond acceptors (Lipinski definition) is 2. The number of aliphatic hydroxyl groups is 1. The fourth-order valence-electron chi connectivity index (χ4n) is 1.84. The van der Waals surface area contributed by atoms with E-state index in [0.717, 1.165) is 0 Å². The molecule has 0 aromatic heterocycles. The molecule has 0 bridgehead atoms. The largest absolute Gasteiger partial charge is 0.396 e. The highest BCUT2D eigenvalue weighted by Gasteiger charge is 2.31. The molecule has 1 N–H and O–H groups in total. The highest BCUT2D eigenvalue weighted by atomic mass is 79.9. The molecule has 1 atom stereocenters. The molecule has 1 aromatic rings. The van der Waals surface area contributed by atoms with Crippen molar-refractivity contribution in [1.82, 2.24) is 0 Å². The number of halogens is 2. The molecular formula is C11H11BrFNO2. The minimum absolute atomic E-state index is 0.0187. The Labute approximate surface area is 101 Å². The van der Waals surface area contributed by atoms with E-state index in [0.29, 0.717) is 23.1 Å². The van der Waals surface area contributed by atoms with Crippen molar-refractivity contribution in [2.24, 2.45) is 5.92 Å². The molecule has 1 unspecified atom stereocenters. The predicted molar refractivity (Wildman–Crippen MR) is 61.6 cm³/mol. The van der Waals surface area contributed by atoms with Gasteiger partial charge in [0.1, 0.15) is 5.82 Å². The average Bonchev–Trinajstić information content (AvgIpc) is 2.64. The van der Waals surface area contributed by atoms with Crippen LogP contribution in [-0.4, -0.2) is 24.2 Å². The van der Waals surface area contributed by atoms with Gasteiger partial charge in [-0.3, -0.25) is 4.79 Å². The monoisotopic (exact) mass is 287 g/mol. The second-order valence-electron chi connectivity index (χ2n) is 3.83. The Morgan fingerprint density at radius 1 is 1.56 bits per heavy atom. The lowest BCUT2D eigenvalue weighted by atomic mass is 10.1. The molecule has 1 amide bonds. The van der Waals surface area contributed by atoms with Crippen LogP contribution in [0.5, 0.6) is 0 Å². The quantitative estimate of drug-likeness (QED) is 0.903. The van der Waals surface area contributed by atoms with Crippen LogP contribution in [0.3, 0.4) is 0 Å². The zero-order valence-electron chi connectivity index (χ0n) is 8.49. The van der Waals surface area contributed by atoms with Gasteiger partial charge in [-0.25, -0.2) is 4.39 Å². The maximum Gasteiger partial charge on any atom is 0.227 e. The number of nitrogens with zero attached hydrogens (tertiary/aromatic N) is 1. The predicted octanol–water partition coefficient (Wildman–Crippen LogP) is 1.93. The van der Waals surface area contributed by atoms with Crippen LogP contribution in [0.25, 0.3) is 0 Å². The van der Waals surface area contributed by atoms with Gasteiger partial charge in [0.05, 0.1) is 10.2 Å². The molecule has 1 aliphatic rings. The molecule has 0 aliphatic carbocycles. The summed E-state index contributed by atoms with van der Waals surface area (Å²) in [4.78, 5) is 13.2. The molecule has 1 heterocycles. The van der Waals surface area contributed by atoms with Gasteiger partial charge in [-0.1, -0.05) is 6.07 Å². The van der Waals surface area contributed by atoms with E-state index in [1.807, 2.05) is 0 Å². The van der Waals surface area contributed by atoms with E-state index in [1.165, 1.54) is 11.0 Å². The smallest absolute Gasteiger partial charge is 0.227 e. The Kier molecular flexibility index (Phi) is 3.25. The van der Waals surface area contributed by atoms with Gasteiger partial charge >= 0.3 is 0 Å². The third kappa shape index (κ3) is 1.97. The van der Waals surface area contributed by atoms with Crippen LogP contribution in [-0.2, 0) is 4.79 Å². The molecule has 2 rings (SSSR count). The molecule has 1 aliphatic heterocycles. The van der Waals surface area contributed by atoms with Gasteiger partial charge in [0, 0.05) is 25.5 Å². The van der Waals surface area contributed by atoms with E-state index in [2.05, 4.69) is 15.9 Å². The highest BCUT2D eigenvalue weighted by Crippen LogP contribution is 2.32. The third-order valence-electron chi connectivity index (χ3n) is 2.69. The van der Waals surface area contributed by atoms with Crippen LogP contribution >= 0.6 is 15.9 Å². The molecule has 16 heavy (non-hydrogen) atoms. The minimum Gasteiger partial charge on any atom is -0.396 e. The van der Waals surface area contributed by atoms with Crippen LogP contribution in [0.4, 0.5) is 10.1 Å². The van der Waals surface area contributed by atoms with E-state index in [1.54, 1.807) is 12.1 Å². The molecule has 0 saturated carbocycles. The summed E-state index contributed by atoms with van der Waals surface area (Å²) in [6, 6.07) is 4.58. The van der Waals surface area contributed by atoms with Crippen molar-refractivity contribution in [1.29, 1.82) is 0 Å². The Hall–Kier alpha value is -0.940. The summed E-state index contributed by atoms with van der Waals surface area (Å²) in [6.45, 7) is 0.423. The minimum atomic E-state index is -0.391. The normalized spacial score (nSPS) is 20.6. The van der Waals surface area contributed by atoms with Crippen LogP contribution in [0.2, 0.25) is 0 Å². The standard InChI is InChI=1S/C11H11BrFNO2/c12-11-8(13)2-1-3-9(11)14-5-7(6-15)4-10(14)16/h1-3,7,15H,4-6H2. The second kappa shape index (κ2) is 4.51. The lowest BCUT2D eigenvalue weighted by Crippen LogP contribution is -2.25. The molecule has 86 valence electrons. The topological polar surface area (TPSA) is 40.5 Å². The molecule has 0 radical (unpaired) electrons. The summed E-state index contributed by atoms with van der Waals surface area (Å²) in [6.07, 6.45) is 0.319. The maximum absolute atomic E-state index is 13.3. The van der Waals surface area contributed by atoms with E-state index in [-0.39, 0.29) is 18.4 Å². The summed E-state index contributed by atoms with van der Waals surface area (Å²) < 4.78 is 13.6. The first-order valence-corrected chi connectivity index (χ1v) is 5.78.